The van der Waals surface area contributed by atoms with Gasteiger partial charge in [0.1, 0.15) is 0 Å². The van der Waals surface area contributed by atoms with Crippen molar-refractivity contribution in [2.45, 2.75) is 37.6 Å². The molecule has 2 aromatic rings. The number of amides is 1. The molecule has 25 heavy (non-hydrogen) atoms. The van der Waals surface area contributed by atoms with Crippen molar-refractivity contribution in [3.05, 3.63) is 65.2 Å². The standard InChI is InChI=1S/C19H24N2O3S/c1-13(2)15-8-10-16(11-9-15)14(3)21-19(22)17-6-5-7-18(12-17)25(23,24)20-4/h5-14,20H,1-4H3,(H,21,22)/t14-/m0/s1. The quantitative estimate of drug-likeness (QED) is 0.830. The van der Waals surface area contributed by atoms with Crippen LogP contribution in [0.5, 0.6) is 0 Å². The monoisotopic (exact) mass is 360 g/mol. The molecule has 0 saturated heterocycles. The minimum absolute atomic E-state index is 0.0663. The van der Waals surface area contributed by atoms with Crippen molar-refractivity contribution < 1.29 is 13.2 Å². The highest BCUT2D eigenvalue weighted by Gasteiger charge is 2.16. The molecule has 0 heterocycles. The molecule has 0 aliphatic rings. The molecular formula is C19H24N2O3S. The molecule has 0 aromatic heterocycles. The van der Waals surface area contributed by atoms with Crippen molar-refractivity contribution in [1.29, 1.82) is 0 Å². The number of rotatable bonds is 6. The van der Waals surface area contributed by atoms with E-state index in [0.29, 0.717) is 11.5 Å². The molecule has 0 saturated carbocycles. The fourth-order valence-corrected chi connectivity index (χ4v) is 3.23. The van der Waals surface area contributed by atoms with Crippen LogP contribution in [-0.2, 0) is 10.0 Å². The lowest BCUT2D eigenvalue weighted by Gasteiger charge is -2.16. The number of carbonyl (C=O) groups is 1. The molecule has 2 aromatic carbocycles. The predicted molar refractivity (Wildman–Crippen MR) is 99.1 cm³/mol. The Kier molecular flexibility index (Phi) is 5.98. The summed E-state index contributed by atoms with van der Waals surface area (Å²) < 4.78 is 26.0. The third-order valence-corrected chi connectivity index (χ3v) is 5.54. The Morgan fingerprint density at radius 3 is 2.12 bits per heavy atom. The van der Waals surface area contributed by atoms with Crippen LogP contribution in [-0.4, -0.2) is 21.4 Å². The minimum Gasteiger partial charge on any atom is -0.346 e. The topological polar surface area (TPSA) is 75.3 Å². The summed E-state index contributed by atoms with van der Waals surface area (Å²) in [7, 11) is -2.24. The lowest BCUT2D eigenvalue weighted by atomic mass is 9.99. The zero-order valence-corrected chi connectivity index (χ0v) is 15.7. The summed E-state index contributed by atoms with van der Waals surface area (Å²) in [4.78, 5) is 12.5. The average molecular weight is 360 g/mol. The van der Waals surface area contributed by atoms with Crippen molar-refractivity contribution in [1.82, 2.24) is 10.0 Å². The maximum absolute atomic E-state index is 12.4. The Bertz CT molecular complexity index is 843. The smallest absolute Gasteiger partial charge is 0.251 e. The van der Waals surface area contributed by atoms with Crippen LogP contribution in [0, 0.1) is 0 Å². The van der Waals surface area contributed by atoms with Crippen LogP contribution < -0.4 is 10.0 Å². The first-order chi connectivity index (χ1) is 11.7. The molecule has 0 fully saturated rings. The van der Waals surface area contributed by atoms with Gasteiger partial charge in [-0.05, 0) is 49.2 Å². The summed E-state index contributed by atoms with van der Waals surface area (Å²) in [6, 6.07) is 13.9. The molecule has 5 nitrogen and oxygen atoms in total. The van der Waals surface area contributed by atoms with E-state index in [2.05, 4.69) is 36.0 Å². The zero-order valence-electron chi connectivity index (χ0n) is 14.9. The van der Waals surface area contributed by atoms with Gasteiger partial charge in [0.05, 0.1) is 10.9 Å². The van der Waals surface area contributed by atoms with Crippen LogP contribution in [0.1, 0.15) is 54.2 Å². The van der Waals surface area contributed by atoms with Gasteiger partial charge in [-0.3, -0.25) is 4.79 Å². The first kappa shape index (κ1) is 19.1. The van der Waals surface area contributed by atoms with E-state index in [9.17, 15) is 13.2 Å². The second kappa shape index (κ2) is 7.80. The van der Waals surface area contributed by atoms with E-state index >= 15 is 0 Å². The molecule has 0 spiro atoms. The lowest BCUT2D eigenvalue weighted by Crippen LogP contribution is -2.27. The van der Waals surface area contributed by atoms with Crippen molar-refractivity contribution in [2.24, 2.45) is 0 Å². The summed E-state index contributed by atoms with van der Waals surface area (Å²) in [5.74, 6) is 0.143. The normalized spacial score (nSPS) is 12.8. The van der Waals surface area contributed by atoms with E-state index in [4.69, 9.17) is 0 Å². The Labute approximate surface area is 149 Å². The maximum Gasteiger partial charge on any atom is 0.251 e. The van der Waals surface area contributed by atoms with Crippen LogP contribution in [0.4, 0.5) is 0 Å². The molecule has 2 N–H and O–H groups in total. The SMILES string of the molecule is CNS(=O)(=O)c1cccc(C(=O)N[C@@H](C)c2ccc(C(C)C)cc2)c1. The van der Waals surface area contributed by atoms with E-state index in [-0.39, 0.29) is 16.8 Å². The Morgan fingerprint density at radius 1 is 0.960 bits per heavy atom. The van der Waals surface area contributed by atoms with E-state index in [0.717, 1.165) is 5.56 Å². The van der Waals surface area contributed by atoms with Crippen LogP contribution in [0.2, 0.25) is 0 Å². The van der Waals surface area contributed by atoms with Crippen molar-refractivity contribution in [3.8, 4) is 0 Å². The van der Waals surface area contributed by atoms with Crippen molar-refractivity contribution in [2.75, 3.05) is 7.05 Å². The van der Waals surface area contributed by atoms with Gasteiger partial charge in [-0.1, -0.05) is 44.2 Å². The first-order valence-corrected chi connectivity index (χ1v) is 9.67. The largest absolute Gasteiger partial charge is 0.346 e. The summed E-state index contributed by atoms with van der Waals surface area (Å²) in [5.41, 5.74) is 2.55. The van der Waals surface area contributed by atoms with Crippen LogP contribution in [0.25, 0.3) is 0 Å². The van der Waals surface area contributed by atoms with Crippen LogP contribution in [0.3, 0.4) is 0 Å². The zero-order chi connectivity index (χ0) is 18.6. The molecule has 0 aliphatic carbocycles. The van der Waals surface area contributed by atoms with Crippen molar-refractivity contribution in [3.63, 3.8) is 0 Å². The van der Waals surface area contributed by atoms with Gasteiger partial charge in [0.15, 0.2) is 0 Å². The van der Waals surface area contributed by atoms with Gasteiger partial charge in [0, 0.05) is 5.56 Å². The van der Waals surface area contributed by atoms with Crippen LogP contribution in [0.15, 0.2) is 53.4 Å². The van der Waals surface area contributed by atoms with Gasteiger partial charge in [-0.25, -0.2) is 13.1 Å². The third kappa shape index (κ3) is 4.67. The van der Waals surface area contributed by atoms with Gasteiger partial charge in [0.2, 0.25) is 10.0 Å². The molecule has 0 unspecified atom stereocenters. The fraction of sp³-hybridized carbons (Fsp3) is 0.316. The van der Waals surface area contributed by atoms with E-state index in [1.54, 1.807) is 12.1 Å². The number of benzene rings is 2. The molecular weight excluding hydrogens is 336 g/mol. The van der Waals surface area contributed by atoms with Crippen LogP contribution >= 0.6 is 0 Å². The second-order valence-corrected chi connectivity index (χ2v) is 8.14. The summed E-state index contributed by atoms with van der Waals surface area (Å²) in [6.07, 6.45) is 0. The second-order valence-electron chi connectivity index (χ2n) is 6.25. The highest BCUT2D eigenvalue weighted by Crippen LogP contribution is 2.19. The molecule has 1 amide bonds. The molecule has 6 heteroatoms. The van der Waals surface area contributed by atoms with Gasteiger partial charge in [0.25, 0.3) is 5.91 Å². The summed E-state index contributed by atoms with van der Waals surface area (Å²) in [6.45, 7) is 6.16. The third-order valence-electron chi connectivity index (χ3n) is 4.13. The minimum atomic E-state index is -3.58. The molecule has 134 valence electrons. The Morgan fingerprint density at radius 2 is 1.56 bits per heavy atom. The van der Waals surface area contributed by atoms with Gasteiger partial charge in [-0.15, -0.1) is 0 Å². The number of sulfonamides is 1. The van der Waals surface area contributed by atoms with Gasteiger partial charge in [-0.2, -0.15) is 0 Å². The number of hydrogen-bond donors (Lipinski definition) is 2. The maximum atomic E-state index is 12.4. The first-order valence-electron chi connectivity index (χ1n) is 8.19. The lowest BCUT2D eigenvalue weighted by molar-refractivity contribution is 0.0939. The van der Waals surface area contributed by atoms with E-state index in [1.165, 1.54) is 24.7 Å². The van der Waals surface area contributed by atoms with E-state index in [1.807, 2.05) is 19.1 Å². The molecule has 1 atom stereocenters. The highest BCUT2D eigenvalue weighted by atomic mass is 32.2. The van der Waals surface area contributed by atoms with Gasteiger partial charge < -0.3 is 5.32 Å². The summed E-state index contributed by atoms with van der Waals surface area (Å²) >= 11 is 0. The summed E-state index contributed by atoms with van der Waals surface area (Å²) in [5, 5.41) is 2.90. The van der Waals surface area contributed by atoms with Gasteiger partial charge >= 0.3 is 0 Å². The number of carbonyl (C=O) groups excluding carboxylic acids is 1. The highest BCUT2D eigenvalue weighted by molar-refractivity contribution is 7.89. The fourth-order valence-electron chi connectivity index (χ4n) is 2.46. The Balaban J connectivity index is 2.15. The number of nitrogens with one attached hydrogen (secondary N) is 2. The van der Waals surface area contributed by atoms with Crippen molar-refractivity contribution >= 4 is 15.9 Å². The molecule has 0 radical (unpaired) electrons. The molecule has 0 bridgehead atoms. The number of hydrogen-bond acceptors (Lipinski definition) is 3. The van der Waals surface area contributed by atoms with E-state index < -0.39 is 10.0 Å². The average Bonchev–Trinajstić information content (AvgIpc) is 2.61. The predicted octanol–water partition coefficient (Wildman–Crippen LogP) is 3.21. The Hall–Kier alpha value is -2.18. The molecule has 0 aliphatic heterocycles. The molecule has 2 rings (SSSR count).